The summed E-state index contributed by atoms with van der Waals surface area (Å²) in [5, 5.41) is 11.9. The van der Waals surface area contributed by atoms with Crippen molar-refractivity contribution in [1.82, 2.24) is 4.57 Å². The second kappa shape index (κ2) is 10.8. The van der Waals surface area contributed by atoms with E-state index in [1.165, 1.54) is 43.1 Å². The number of benzene rings is 2. The van der Waals surface area contributed by atoms with Crippen LogP contribution < -0.4 is 19.6 Å². The highest BCUT2D eigenvalue weighted by molar-refractivity contribution is 7.07. The van der Waals surface area contributed by atoms with E-state index in [1.54, 1.807) is 37.3 Å². The number of rotatable bonds is 6. The third-order valence-electron chi connectivity index (χ3n) is 6.24. The van der Waals surface area contributed by atoms with E-state index in [-0.39, 0.29) is 26.6 Å². The molecule has 204 valence electrons. The summed E-state index contributed by atoms with van der Waals surface area (Å²) in [4.78, 5) is 42.2. The number of hydrogen-bond acceptors (Lipinski definition) is 9. The van der Waals surface area contributed by atoms with Crippen molar-refractivity contribution in [2.45, 2.75) is 13.0 Å². The molecule has 0 saturated heterocycles. The monoisotopic (exact) mass is 599 g/mol. The van der Waals surface area contributed by atoms with Gasteiger partial charge in [0.25, 0.3) is 11.2 Å². The van der Waals surface area contributed by atoms with E-state index in [0.717, 1.165) is 11.3 Å². The molecule has 1 atom stereocenters. The van der Waals surface area contributed by atoms with E-state index in [4.69, 9.17) is 37.1 Å². The van der Waals surface area contributed by atoms with Crippen LogP contribution in [0.3, 0.4) is 0 Å². The summed E-state index contributed by atoms with van der Waals surface area (Å²) < 4.78 is 18.1. The van der Waals surface area contributed by atoms with Gasteiger partial charge in [-0.15, -0.1) is 0 Å². The lowest BCUT2D eigenvalue weighted by molar-refractivity contribution is -0.384. The maximum absolute atomic E-state index is 13.8. The number of aromatic nitrogens is 1. The molecule has 0 radical (unpaired) electrons. The zero-order valence-electron chi connectivity index (χ0n) is 21.1. The Morgan fingerprint density at radius 3 is 2.65 bits per heavy atom. The van der Waals surface area contributed by atoms with Crippen molar-refractivity contribution in [3.8, 4) is 17.1 Å². The minimum Gasteiger partial charge on any atom is -0.496 e. The minimum atomic E-state index is -0.921. The van der Waals surface area contributed by atoms with Crippen LogP contribution in [0.5, 0.6) is 5.75 Å². The third-order valence-corrected chi connectivity index (χ3v) is 7.79. The van der Waals surface area contributed by atoms with E-state index in [9.17, 15) is 19.7 Å². The molecule has 0 bridgehead atoms. The second-order valence-corrected chi connectivity index (χ2v) is 10.4. The zero-order valence-corrected chi connectivity index (χ0v) is 23.5. The van der Waals surface area contributed by atoms with E-state index >= 15 is 0 Å². The van der Waals surface area contributed by atoms with Crippen LogP contribution >= 0.6 is 34.5 Å². The van der Waals surface area contributed by atoms with Gasteiger partial charge in [-0.1, -0.05) is 34.5 Å². The molecule has 4 aromatic rings. The second-order valence-electron chi connectivity index (χ2n) is 8.58. The Balaban J connectivity index is 1.67. The first-order chi connectivity index (χ1) is 19.1. The molecule has 10 nitrogen and oxygen atoms in total. The van der Waals surface area contributed by atoms with Crippen molar-refractivity contribution in [3.63, 3.8) is 0 Å². The number of esters is 1. The fourth-order valence-corrected chi connectivity index (χ4v) is 5.84. The number of ether oxygens (including phenoxy) is 2. The number of nitrogens with zero attached hydrogens (tertiary/aromatic N) is 3. The summed E-state index contributed by atoms with van der Waals surface area (Å²) in [5.74, 6) is 0.373. The van der Waals surface area contributed by atoms with Gasteiger partial charge in [0.2, 0.25) is 0 Å². The van der Waals surface area contributed by atoms with Gasteiger partial charge in [0.1, 0.15) is 23.3 Å². The summed E-state index contributed by atoms with van der Waals surface area (Å²) in [7, 11) is 2.73. The predicted molar refractivity (Wildman–Crippen MR) is 150 cm³/mol. The first-order valence-corrected chi connectivity index (χ1v) is 13.2. The van der Waals surface area contributed by atoms with E-state index in [0.29, 0.717) is 38.2 Å². The fraction of sp³-hybridized carbons (Fsp3) is 0.148. The van der Waals surface area contributed by atoms with Crippen molar-refractivity contribution < 1.29 is 23.6 Å². The summed E-state index contributed by atoms with van der Waals surface area (Å²) in [6, 6.07) is 11.3. The predicted octanol–water partition coefficient (Wildman–Crippen LogP) is 4.89. The molecule has 40 heavy (non-hydrogen) atoms. The number of non-ortho nitro benzene ring substituents is 1. The summed E-state index contributed by atoms with van der Waals surface area (Å²) in [5.41, 5.74) is 0.797. The molecule has 1 aliphatic rings. The molecule has 0 amide bonds. The van der Waals surface area contributed by atoms with E-state index in [2.05, 4.69) is 4.99 Å². The summed E-state index contributed by atoms with van der Waals surface area (Å²) in [6.45, 7) is 1.66. The maximum atomic E-state index is 13.8. The van der Waals surface area contributed by atoms with Gasteiger partial charge in [-0.3, -0.25) is 19.5 Å². The molecule has 0 spiro atoms. The number of thiazole rings is 1. The van der Waals surface area contributed by atoms with Crippen LogP contribution in [0.1, 0.15) is 24.3 Å². The molecule has 0 fully saturated rings. The number of fused-ring (bicyclic) bond motifs is 1. The molecule has 0 N–H and O–H groups in total. The van der Waals surface area contributed by atoms with Crippen molar-refractivity contribution in [2.75, 3.05) is 14.2 Å². The van der Waals surface area contributed by atoms with Gasteiger partial charge in [0.15, 0.2) is 4.80 Å². The standard InChI is InChI=1S/C27H19Cl2N3O7S/c1-13-23(26(34)38-3)24(18-10-14(28)4-8-20(18)37-2)31-25(33)22(40-27(31)30-13)12-16-6-9-21(39-16)17-11-15(32(35)36)5-7-19(17)29/h4-12,24H,1-3H3/b22-12-/t24-/m0/s1. The molecule has 2 aromatic heterocycles. The molecule has 1 aliphatic heterocycles. The van der Waals surface area contributed by atoms with Crippen LogP contribution in [0.15, 0.2) is 74.0 Å². The lowest BCUT2D eigenvalue weighted by atomic mass is 9.95. The smallest absolute Gasteiger partial charge is 0.338 e. The van der Waals surface area contributed by atoms with Gasteiger partial charge in [0, 0.05) is 34.4 Å². The van der Waals surface area contributed by atoms with Crippen LogP contribution in [-0.4, -0.2) is 29.7 Å². The number of halogens is 2. The van der Waals surface area contributed by atoms with Crippen LogP contribution in [0.25, 0.3) is 17.4 Å². The van der Waals surface area contributed by atoms with Gasteiger partial charge in [-0.2, -0.15) is 0 Å². The van der Waals surface area contributed by atoms with Gasteiger partial charge >= 0.3 is 5.97 Å². The van der Waals surface area contributed by atoms with Crippen LogP contribution in [0.2, 0.25) is 10.0 Å². The third kappa shape index (κ3) is 4.83. The Labute approximate surface area is 240 Å². The average Bonchev–Trinajstić information content (AvgIpc) is 3.51. The molecule has 0 aliphatic carbocycles. The highest BCUT2D eigenvalue weighted by Crippen LogP contribution is 2.37. The highest BCUT2D eigenvalue weighted by atomic mass is 35.5. The number of nitro groups is 1. The number of carbonyl (C=O) groups excluding carboxylic acids is 1. The van der Waals surface area contributed by atoms with Crippen molar-refractivity contribution >= 4 is 52.3 Å². The molecule has 13 heteroatoms. The largest absolute Gasteiger partial charge is 0.496 e. The lowest BCUT2D eigenvalue weighted by Crippen LogP contribution is -2.40. The molecular formula is C27H19Cl2N3O7S. The van der Waals surface area contributed by atoms with Crippen molar-refractivity contribution in [2.24, 2.45) is 4.99 Å². The summed E-state index contributed by atoms with van der Waals surface area (Å²) in [6.07, 6.45) is 1.53. The fourth-order valence-electron chi connectivity index (χ4n) is 4.43. The SMILES string of the molecule is COC(=O)C1=C(C)N=c2s/c(=C\c3ccc(-c4cc([N+](=O)[O-])ccc4Cl)o3)c(=O)n2[C@H]1c1cc(Cl)ccc1OC. The number of hydrogen-bond donors (Lipinski definition) is 0. The molecule has 5 rings (SSSR count). The van der Waals surface area contributed by atoms with Crippen molar-refractivity contribution in [1.29, 1.82) is 0 Å². The molecule has 2 aromatic carbocycles. The molecule has 3 heterocycles. The van der Waals surface area contributed by atoms with Crippen LogP contribution in [0, 0.1) is 10.1 Å². The molecular weight excluding hydrogens is 581 g/mol. The zero-order chi connectivity index (χ0) is 28.7. The van der Waals surface area contributed by atoms with Crippen LogP contribution in [-0.2, 0) is 9.53 Å². The normalized spacial score (nSPS) is 15.0. The topological polar surface area (TPSA) is 126 Å². The Morgan fingerprint density at radius 2 is 1.95 bits per heavy atom. The summed E-state index contributed by atoms with van der Waals surface area (Å²) >= 11 is 13.7. The van der Waals surface area contributed by atoms with Gasteiger partial charge in [0.05, 0.1) is 40.0 Å². The lowest BCUT2D eigenvalue weighted by Gasteiger charge is -2.25. The highest BCUT2D eigenvalue weighted by Gasteiger charge is 2.35. The number of furan rings is 1. The Bertz CT molecular complexity index is 1910. The van der Waals surface area contributed by atoms with Crippen molar-refractivity contribution in [3.05, 3.63) is 111 Å². The Morgan fingerprint density at radius 1 is 1.18 bits per heavy atom. The number of allylic oxidation sites excluding steroid dienone is 1. The first-order valence-electron chi connectivity index (χ1n) is 11.6. The van der Waals surface area contributed by atoms with Crippen LogP contribution in [0.4, 0.5) is 5.69 Å². The quantitative estimate of drug-likeness (QED) is 0.175. The average molecular weight is 600 g/mol. The van der Waals surface area contributed by atoms with Gasteiger partial charge in [-0.05, 0) is 43.3 Å². The number of nitro benzene ring substituents is 1. The van der Waals surface area contributed by atoms with Gasteiger partial charge < -0.3 is 13.9 Å². The van der Waals surface area contributed by atoms with Gasteiger partial charge in [-0.25, -0.2) is 9.79 Å². The minimum absolute atomic E-state index is 0.140. The van der Waals surface area contributed by atoms with E-state index < -0.39 is 22.5 Å². The number of methoxy groups -OCH3 is 2. The number of carbonyl (C=O) groups is 1. The molecule has 0 saturated carbocycles. The Hall–Kier alpha value is -4.19. The molecule has 0 unspecified atom stereocenters. The maximum Gasteiger partial charge on any atom is 0.338 e. The first kappa shape index (κ1) is 27.4. The van der Waals surface area contributed by atoms with E-state index in [1.807, 2.05) is 0 Å². The Kier molecular flexibility index (Phi) is 7.37.